The standard InChI is InChI=1S/C22H28ClFO6S/c1-11-19(26)20(27)21(28)22(2,30-11)15-7-12(16(23)8-13(15)10-29-3)6-14-9-17(24)18(31-14)4-5-25/h7-9,11,19-21,25-28H,4-6,10H2,1-3H3/t11-,19-,20+,21-,22+/m1/s1. The van der Waals surface area contributed by atoms with Gasteiger partial charge in [0.2, 0.25) is 0 Å². The molecule has 1 aromatic heterocycles. The summed E-state index contributed by atoms with van der Waals surface area (Å²) < 4.78 is 25.4. The molecule has 9 heteroatoms. The Kier molecular flexibility index (Phi) is 7.76. The number of benzene rings is 1. The van der Waals surface area contributed by atoms with Gasteiger partial charge in [-0.3, -0.25) is 0 Å². The van der Waals surface area contributed by atoms with E-state index in [-0.39, 0.29) is 25.5 Å². The minimum atomic E-state index is -1.39. The molecular weight excluding hydrogens is 447 g/mol. The van der Waals surface area contributed by atoms with Gasteiger partial charge in [-0.25, -0.2) is 4.39 Å². The lowest BCUT2D eigenvalue weighted by molar-refractivity contribution is -0.263. The molecule has 1 aliphatic rings. The van der Waals surface area contributed by atoms with Crippen LogP contribution in [-0.4, -0.2) is 58.6 Å². The molecular formula is C22H28ClFO6S. The summed E-state index contributed by atoms with van der Waals surface area (Å²) in [4.78, 5) is 1.22. The van der Waals surface area contributed by atoms with Crippen LogP contribution in [0.5, 0.6) is 0 Å². The Balaban J connectivity index is 2.04. The molecule has 2 heterocycles. The van der Waals surface area contributed by atoms with Crippen LogP contribution >= 0.6 is 22.9 Å². The van der Waals surface area contributed by atoms with E-state index in [9.17, 15) is 19.7 Å². The number of ether oxygens (including phenoxy) is 2. The normalized spacial score (nSPS) is 28.8. The molecule has 0 radical (unpaired) electrons. The molecule has 0 aliphatic carbocycles. The maximum Gasteiger partial charge on any atom is 0.137 e. The summed E-state index contributed by atoms with van der Waals surface area (Å²) >= 11 is 7.79. The maximum absolute atomic E-state index is 14.1. The number of thiophene rings is 1. The van der Waals surface area contributed by atoms with E-state index in [1.54, 1.807) is 26.0 Å². The SMILES string of the molecule is COCc1cc(Cl)c(Cc2cc(F)c(CCO)s2)cc1[C@]1(C)O[C@H](C)[C@@H](O)[C@H](O)[C@H]1O. The Morgan fingerprint density at radius 3 is 2.55 bits per heavy atom. The molecule has 0 saturated carbocycles. The number of aliphatic hydroxyl groups is 4. The highest BCUT2D eigenvalue weighted by atomic mass is 35.5. The molecule has 6 nitrogen and oxygen atoms in total. The van der Waals surface area contributed by atoms with Crippen molar-refractivity contribution in [3.8, 4) is 0 Å². The number of hydrogen-bond acceptors (Lipinski definition) is 7. The second kappa shape index (κ2) is 9.80. The van der Waals surface area contributed by atoms with Crippen molar-refractivity contribution in [2.75, 3.05) is 13.7 Å². The van der Waals surface area contributed by atoms with E-state index >= 15 is 0 Å². The third kappa shape index (κ3) is 4.82. The quantitative estimate of drug-likeness (QED) is 0.492. The van der Waals surface area contributed by atoms with Crippen molar-refractivity contribution in [2.24, 2.45) is 0 Å². The van der Waals surface area contributed by atoms with E-state index in [1.807, 2.05) is 0 Å². The maximum atomic E-state index is 14.1. The van der Waals surface area contributed by atoms with Gasteiger partial charge in [-0.05, 0) is 42.7 Å². The van der Waals surface area contributed by atoms with Crippen LogP contribution in [0.15, 0.2) is 18.2 Å². The molecule has 2 aromatic rings. The van der Waals surface area contributed by atoms with Gasteiger partial charge in [-0.15, -0.1) is 11.3 Å². The van der Waals surface area contributed by atoms with Crippen molar-refractivity contribution >= 4 is 22.9 Å². The van der Waals surface area contributed by atoms with Gasteiger partial charge in [0, 0.05) is 41.3 Å². The zero-order valence-corrected chi connectivity index (χ0v) is 19.2. The Morgan fingerprint density at radius 2 is 1.90 bits per heavy atom. The topological polar surface area (TPSA) is 99.4 Å². The van der Waals surface area contributed by atoms with Crippen molar-refractivity contribution in [3.05, 3.63) is 55.5 Å². The summed E-state index contributed by atoms with van der Waals surface area (Å²) in [5.74, 6) is -0.356. The molecule has 1 saturated heterocycles. The minimum Gasteiger partial charge on any atom is -0.396 e. The van der Waals surface area contributed by atoms with Crippen LogP contribution in [-0.2, 0) is 34.5 Å². The first-order chi connectivity index (χ1) is 14.6. The molecule has 5 atom stereocenters. The molecule has 1 aliphatic heterocycles. The highest BCUT2D eigenvalue weighted by Crippen LogP contribution is 2.42. The fourth-order valence-electron chi connectivity index (χ4n) is 4.08. The van der Waals surface area contributed by atoms with Crippen LogP contribution in [0.25, 0.3) is 0 Å². The molecule has 0 bridgehead atoms. The van der Waals surface area contributed by atoms with Crippen LogP contribution in [0.3, 0.4) is 0 Å². The lowest BCUT2D eigenvalue weighted by Crippen LogP contribution is -2.61. The summed E-state index contributed by atoms with van der Waals surface area (Å²) in [7, 11) is 1.53. The van der Waals surface area contributed by atoms with Gasteiger partial charge >= 0.3 is 0 Å². The summed E-state index contributed by atoms with van der Waals surface area (Å²) in [5.41, 5.74) is 0.616. The summed E-state index contributed by atoms with van der Waals surface area (Å²) in [5, 5.41) is 40.8. The first kappa shape index (κ1) is 24.5. The van der Waals surface area contributed by atoms with Gasteiger partial charge in [0.1, 0.15) is 29.7 Å². The Hall–Kier alpha value is -1.10. The molecule has 172 valence electrons. The van der Waals surface area contributed by atoms with Gasteiger partial charge in [-0.2, -0.15) is 0 Å². The third-order valence-electron chi connectivity index (χ3n) is 5.77. The minimum absolute atomic E-state index is 0.132. The molecule has 4 N–H and O–H groups in total. The lowest BCUT2D eigenvalue weighted by atomic mass is 9.79. The van der Waals surface area contributed by atoms with Gasteiger partial charge in [0.05, 0.1) is 12.7 Å². The van der Waals surface area contributed by atoms with Crippen molar-refractivity contribution in [1.82, 2.24) is 0 Å². The largest absolute Gasteiger partial charge is 0.396 e. The van der Waals surface area contributed by atoms with E-state index in [4.69, 9.17) is 26.2 Å². The molecule has 3 rings (SSSR count). The molecule has 31 heavy (non-hydrogen) atoms. The number of methoxy groups -OCH3 is 1. The average molecular weight is 475 g/mol. The van der Waals surface area contributed by atoms with Crippen molar-refractivity contribution in [2.45, 2.75) is 63.3 Å². The smallest absolute Gasteiger partial charge is 0.137 e. The van der Waals surface area contributed by atoms with Crippen molar-refractivity contribution in [3.63, 3.8) is 0 Å². The number of rotatable bonds is 7. The van der Waals surface area contributed by atoms with Crippen LogP contribution < -0.4 is 0 Å². The highest BCUT2D eigenvalue weighted by molar-refractivity contribution is 7.12. The second-order valence-electron chi connectivity index (χ2n) is 8.02. The first-order valence-electron chi connectivity index (χ1n) is 10.0. The number of aliphatic hydroxyl groups excluding tert-OH is 4. The van der Waals surface area contributed by atoms with Crippen LogP contribution in [0.4, 0.5) is 4.39 Å². The lowest BCUT2D eigenvalue weighted by Gasteiger charge is -2.47. The van der Waals surface area contributed by atoms with E-state index in [1.165, 1.54) is 24.5 Å². The van der Waals surface area contributed by atoms with Crippen molar-refractivity contribution in [1.29, 1.82) is 0 Å². The van der Waals surface area contributed by atoms with Crippen LogP contribution in [0, 0.1) is 5.82 Å². The van der Waals surface area contributed by atoms with E-state index in [0.717, 1.165) is 4.88 Å². The van der Waals surface area contributed by atoms with Gasteiger partial charge in [0.25, 0.3) is 0 Å². The zero-order valence-electron chi connectivity index (χ0n) is 17.6. The summed E-state index contributed by atoms with van der Waals surface area (Å²) in [6.45, 7) is 3.34. The van der Waals surface area contributed by atoms with Crippen LogP contribution in [0.1, 0.15) is 40.3 Å². The Morgan fingerprint density at radius 1 is 1.19 bits per heavy atom. The summed E-state index contributed by atoms with van der Waals surface area (Å²) in [6, 6.07) is 4.93. The number of halogens is 2. The third-order valence-corrected chi connectivity index (χ3v) is 7.29. The first-order valence-corrected chi connectivity index (χ1v) is 11.2. The van der Waals surface area contributed by atoms with Crippen LogP contribution in [0.2, 0.25) is 5.02 Å². The summed E-state index contributed by atoms with van der Waals surface area (Å²) in [6.07, 6.45) is -4.13. The molecule has 0 spiro atoms. The highest BCUT2D eigenvalue weighted by Gasteiger charge is 2.51. The van der Waals surface area contributed by atoms with E-state index in [0.29, 0.717) is 33.0 Å². The van der Waals surface area contributed by atoms with Gasteiger partial charge in [-0.1, -0.05) is 17.7 Å². The number of hydrogen-bond donors (Lipinski definition) is 4. The molecule has 1 fully saturated rings. The Bertz CT molecular complexity index is 922. The predicted molar refractivity (Wildman–Crippen MR) is 116 cm³/mol. The second-order valence-corrected chi connectivity index (χ2v) is 9.65. The average Bonchev–Trinajstić information content (AvgIpc) is 3.06. The molecule has 0 amide bonds. The van der Waals surface area contributed by atoms with E-state index < -0.39 is 30.0 Å². The Labute approximate surface area is 189 Å². The zero-order chi connectivity index (χ0) is 22.9. The molecule has 0 unspecified atom stereocenters. The monoisotopic (exact) mass is 474 g/mol. The van der Waals surface area contributed by atoms with E-state index in [2.05, 4.69) is 0 Å². The van der Waals surface area contributed by atoms with Gasteiger partial charge < -0.3 is 29.9 Å². The van der Waals surface area contributed by atoms with Gasteiger partial charge in [0.15, 0.2) is 0 Å². The fourth-order valence-corrected chi connectivity index (χ4v) is 5.38. The molecule has 1 aromatic carbocycles. The fraction of sp³-hybridized carbons (Fsp3) is 0.545. The predicted octanol–water partition coefficient (Wildman–Crippen LogP) is 2.53. The van der Waals surface area contributed by atoms with Crippen molar-refractivity contribution < 1.29 is 34.3 Å².